The molecular formula is C9H15ClN2O. The minimum Gasteiger partial charge on any atom is -0.491 e. The zero-order chi connectivity index (χ0) is 8.97. The van der Waals surface area contributed by atoms with Gasteiger partial charge in [-0.05, 0) is 19.9 Å². The summed E-state index contributed by atoms with van der Waals surface area (Å²) in [6.07, 6.45) is 1.90. The first kappa shape index (κ1) is 12.2. The van der Waals surface area contributed by atoms with E-state index in [2.05, 4.69) is 4.98 Å². The molecule has 0 amide bonds. The molecule has 13 heavy (non-hydrogen) atoms. The van der Waals surface area contributed by atoms with Gasteiger partial charge in [-0.3, -0.25) is 4.98 Å². The molecule has 0 fully saturated rings. The summed E-state index contributed by atoms with van der Waals surface area (Å²) in [4.78, 5) is 4.06. The molecule has 1 aromatic rings. The van der Waals surface area contributed by atoms with E-state index in [1.807, 2.05) is 26.0 Å². The summed E-state index contributed by atoms with van der Waals surface area (Å²) in [6.45, 7) is 4.43. The van der Waals surface area contributed by atoms with Crippen LogP contribution in [0, 0.1) is 0 Å². The van der Waals surface area contributed by atoms with Gasteiger partial charge >= 0.3 is 0 Å². The number of hydrogen-bond acceptors (Lipinski definition) is 3. The number of aromatic nitrogens is 1. The van der Waals surface area contributed by atoms with Crippen molar-refractivity contribution in [2.75, 3.05) is 0 Å². The number of hydrogen-bond donors (Lipinski definition) is 1. The molecule has 0 aliphatic heterocycles. The Balaban J connectivity index is 0.00000144. The van der Waals surface area contributed by atoms with Crippen molar-refractivity contribution in [3.05, 3.63) is 24.0 Å². The summed E-state index contributed by atoms with van der Waals surface area (Å²) in [5, 5.41) is 0. The summed E-state index contributed by atoms with van der Waals surface area (Å²) in [7, 11) is 0. The van der Waals surface area contributed by atoms with Gasteiger partial charge < -0.3 is 10.5 Å². The Morgan fingerprint density at radius 2 is 2.23 bits per heavy atom. The van der Waals surface area contributed by atoms with Crippen molar-refractivity contribution in [2.45, 2.75) is 26.5 Å². The van der Waals surface area contributed by atoms with Gasteiger partial charge in [0.25, 0.3) is 0 Å². The normalized spacial score (nSPS) is 9.54. The lowest BCUT2D eigenvalue weighted by atomic mass is 10.3. The molecule has 1 rings (SSSR count). The van der Waals surface area contributed by atoms with Crippen molar-refractivity contribution >= 4 is 12.4 Å². The maximum Gasteiger partial charge on any atom is 0.123 e. The van der Waals surface area contributed by atoms with Crippen LogP contribution in [0.3, 0.4) is 0 Å². The van der Waals surface area contributed by atoms with Crippen LogP contribution in [0.25, 0.3) is 0 Å². The Morgan fingerprint density at radius 1 is 1.54 bits per heavy atom. The molecular weight excluding hydrogens is 188 g/mol. The monoisotopic (exact) mass is 202 g/mol. The molecule has 0 bridgehead atoms. The van der Waals surface area contributed by atoms with Gasteiger partial charge in [-0.15, -0.1) is 12.4 Å². The standard InChI is InChI=1S/C9H14N2O.ClH/c1-7(2)12-9-3-4-11-8(5-9)6-10;/h3-5,7H,6,10H2,1-2H3;1H. The fourth-order valence-corrected chi connectivity index (χ4v) is 0.913. The zero-order valence-corrected chi connectivity index (χ0v) is 8.67. The molecule has 74 valence electrons. The van der Waals surface area contributed by atoms with Crippen molar-refractivity contribution in [3.8, 4) is 5.75 Å². The molecule has 0 aliphatic rings. The van der Waals surface area contributed by atoms with Crippen LogP contribution in [-0.2, 0) is 6.54 Å². The predicted molar refractivity (Wildman–Crippen MR) is 55.1 cm³/mol. The molecule has 0 saturated heterocycles. The van der Waals surface area contributed by atoms with Crippen LogP contribution in [0.5, 0.6) is 5.75 Å². The van der Waals surface area contributed by atoms with Gasteiger partial charge in [0.1, 0.15) is 5.75 Å². The van der Waals surface area contributed by atoms with Crippen molar-refractivity contribution in [2.24, 2.45) is 5.73 Å². The van der Waals surface area contributed by atoms with Crippen molar-refractivity contribution in [3.63, 3.8) is 0 Å². The Labute approximate surface area is 84.7 Å². The van der Waals surface area contributed by atoms with Crippen LogP contribution in [0.1, 0.15) is 19.5 Å². The SMILES string of the molecule is CC(C)Oc1ccnc(CN)c1.Cl. The van der Waals surface area contributed by atoms with Gasteiger partial charge in [0.15, 0.2) is 0 Å². The molecule has 0 unspecified atom stereocenters. The molecule has 0 radical (unpaired) electrons. The van der Waals surface area contributed by atoms with Crippen LogP contribution < -0.4 is 10.5 Å². The molecule has 0 aliphatic carbocycles. The van der Waals surface area contributed by atoms with Crippen molar-refractivity contribution < 1.29 is 4.74 Å². The smallest absolute Gasteiger partial charge is 0.123 e. The molecule has 4 heteroatoms. The highest BCUT2D eigenvalue weighted by atomic mass is 35.5. The van der Waals surface area contributed by atoms with Gasteiger partial charge in [0.2, 0.25) is 0 Å². The van der Waals surface area contributed by atoms with E-state index in [9.17, 15) is 0 Å². The molecule has 0 aromatic carbocycles. The first-order valence-corrected chi connectivity index (χ1v) is 4.04. The zero-order valence-electron chi connectivity index (χ0n) is 7.86. The van der Waals surface area contributed by atoms with Gasteiger partial charge in [-0.25, -0.2) is 0 Å². The second-order valence-electron chi connectivity index (χ2n) is 2.85. The number of nitrogens with zero attached hydrogens (tertiary/aromatic N) is 1. The van der Waals surface area contributed by atoms with E-state index in [0.29, 0.717) is 6.54 Å². The molecule has 2 N–H and O–H groups in total. The van der Waals surface area contributed by atoms with E-state index >= 15 is 0 Å². The second-order valence-corrected chi connectivity index (χ2v) is 2.85. The maximum absolute atomic E-state index is 5.46. The third-order valence-electron chi connectivity index (χ3n) is 1.37. The Kier molecular flexibility index (Phi) is 5.42. The fourth-order valence-electron chi connectivity index (χ4n) is 0.913. The summed E-state index contributed by atoms with van der Waals surface area (Å²) >= 11 is 0. The van der Waals surface area contributed by atoms with E-state index in [0.717, 1.165) is 11.4 Å². The van der Waals surface area contributed by atoms with Gasteiger partial charge in [0, 0.05) is 18.8 Å². The number of pyridine rings is 1. The fraction of sp³-hybridized carbons (Fsp3) is 0.444. The van der Waals surface area contributed by atoms with Gasteiger partial charge in [-0.1, -0.05) is 0 Å². The molecule has 0 spiro atoms. The lowest BCUT2D eigenvalue weighted by molar-refractivity contribution is 0.242. The Bertz CT molecular complexity index is 253. The number of ether oxygens (including phenoxy) is 1. The number of rotatable bonds is 3. The predicted octanol–water partition coefficient (Wildman–Crippen LogP) is 1.75. The molecule has 0 saturated carbocycles. The molecule has 1 aromatic heterocycles. The summed E-state index contributed by atoms with van der Waals surface area (Å²) in [5.41, 5.74) is 6.29. The van der Waals surface area contributed by atoms with Crippen LogP contribution in [0.4, 0.5) is 0 Å². The quantitative estimate of drug-likeness (QED) is 0.813. The minimum atomic E-state index is 0. The average molecular weight is 203 g/mol. The lowest BCUT2D eigenvalue weighted by Crippen LogP contribution is -2.07. The van der Waals surface area contributed by atoms with E-state index in [-0.39, 0.29) is 18.5 Å². The van der Waals surface area contributed by atoms with Gasteiger partial charge in [-0.2, -0.15) is 0 Å². The molecule has 0 atom stereocenters. The van der Waals surface area contributed by atoms with Crippen LogP contribution in [-0.4, -0.2) is 11.1 Å². The highest BCUT2D eigenvalue weighted by Gasteiger charge is 1.98. The van der Waals surface area contributed by atoms with Crippen LogP contribution in [0.15, 0.2) is 18.3 Å². The third kappa shape index (κ3) is 4.10. The second kappa shape index (κ2) is 5.78. The van der Waals surface area contributed by atoms with Crippen LogP contribution >= 0.6 is 12.4 Å². The van der Waals surface area contributed by atoms with E-state index in [1.165, 1.54) is 0 Å². The largest absolute Gasteiger partial charge is 0.491 e. The number of halogens is 1. The minimum absolute atomic E-state index is 0. The van der Waals surface area contributed by atoms with E-state index < -0.39 is 0 Å². The lowest BCUT2D eigenvalue weighted by Gasteiger charge is -2.09. The first-order chi connectivity index (χ1) is 5.72. The molecule has 3 nitrogen and oxygen atoms in total. The summed E-state index contributed by atoms with van der Waals surface area (Å²) < 4.78 is 5.46. The topological polar surface area (TPSA) is 48.1 Å². The summed E-state index contributed by atoms with van der Waals surface area (Å²) in [6, 6.07) is 3.69. The highest BCUT2D eigenvalue weighted by molar-refractivity contribution is 5.85. The van der Waals surface area contributed by atoms with Gasteiger partial charge in [0.05, 0.1) is 11.8 Å². The van der Waals surface area contributed by atoms with Crippen molar-refractivity contribution in [1.82, 2.24) is 4.98 Å². The Morgan fingerprint density at radius 3 is 2.77 bits per heavy atom. The highest BCUT2D eigenvalue weighted by Crippen LogP contribution is 2.11. The van der Waals surface area contributed by atoms with E-state index in [1.54, 1.807) is 6.20 Å². The Hall–Kier alpha value is -0.800. The van der Waals surface area contributed by atoms with Crippen LogP contribution in [0.2, 0.25) is 0 Å². The maximum atomic E-state index is 5.46. The van der Waals surface area contributed by atoms with Crippen molar-refractivity contribution in [1.29, 1.82) is 0 Å². The molecule has 1 heterocycles. The third-order valence-corrected chi connectivity index (χ3v) is 1.37. The first-order valence-electron chi connectivity index (χ1n) is 4.04. The van der Waals surface area contributed by atoms with E-state index in [4.69, 9.17) is 10.5 Å². The average Bonchev–Trinajstić information content (AvgIpc) is 2.03. The summed E-state index contributed by atoms with van der Waals surface area (Å²) in [5.74, 6) is 0.834. The number of nitrogens with two attached hydrogens (primary N) is 1.